The summed E-state index contributed by atoms with van der Waals surface area (Å²) in [6.07, 6.45) is 0. The molecule has 0 aliphatic rings. The van der Waals surface area contributed by atoms with Crippen molar-refractivity contribution < 1.29 is 4.42 Å². The Labute approximate surface area is 152 Å². The van der Waals surface area contributed by atoms with Gasteiger partial charge in [-0.25, -0.2) is 0 Å². The van der Waals surface area contributed by atoms with Crippen LogP contribution < -0.4 is 0 Å². The van der Waals surface area contributed by atoms with Crippen molar-refractivity contribution in [3.8, 4) is 0 Å². The van der Waals surface area contributed by atoms with Crippen molar-refractivity contribution in [3.05, 3.63) is 102 Å². The van der Waals surface area contributed by atoms with E-state index in [0.717, 1.165) is 38.6 Å². The van der Waals surface area contributed by atoms with Crippen molar-refractivity contribution in [2.24, 2.45) is 0 Å². The maximum absolute atomic E-state index is 6.26. The number of aryl methyl sites for hydroxylation is 1. The molecular formula is C25H18O. The van der Waals surface area contributed by atoms with Gasteiger partial charge < -0.3 is 4.42 Å². The van der Waals surface area contributed by atoms with Crippen LogP contribution >= 0.6 is 0 Å². The predicted octanol–water partition coefficient (Wildman–Crippen LogP) is 7.11. The van der Waals surface area contributed by atoms with Gasteiger partial charge in [0.25, 0.3) is 0 Å². The van der Waals surface area contributed by atoms with Gasteiger partial charge in [-0.15, -0.1) is 0 Å². The third-order valence-electron chi connectivity index (χ3n) is 5.13. The third-order valence-corrected chi connectivity index (χ3v) is 5.13. The third kappa shape index (κ3) is 2.18. The molecule has 0 atom stereocenters. The highest BCUT2D eigenvalue weighted by Crippen LogP contribution is 2.37. The summed E-state index contributed by atoms with van der Waals surface area (Å²) in [6.45, 7) is 6.46. The largest absolute Gasteiger partial charge is 0.455 e. The van der Waals surface area contributed by atoms with E-state index in [1.54, 1.807) is 0 Å². The molecule has 0 spiro atoms. The maximum atomic E-state index is 6.26. The highest BCUT2D eigenvalue weighted by Gasteiger charge is 2.14. The van der Waals surface area contributed by atoms with Crippen molar-refractivity contribution in [1.82, 2.24) is 0 Å². The highest BCUT2D eigenvalue weighted by atomic mass is 16.3. The monoisotopic (exact) mass is 334 g/mol. The van der Waals surface area contributed by atoms with Crippen LogP contribution in [0.3, 0.4) is 0 Å². The topological polar surface area (TPSA) is 13.1 Å². The van der Waals surface area contributed by atoms with Crippen molar-refractivity contribution in [3.63, 3.8) is 0 Å². The standard InChI is InChI=1S/C25H18O/c1-16-14-20-10-6-7-11-21(20)25-24(16)22-15-19(12-13-23(22)26-25)17(2)18-8-4-3-5-9-18/h3-15H,2H2,1H3. The van der Waals surface area contributed by atoms with E-state index in [2.05, 4.69) is 74.2 Å². The molecule has 0 radical (unpaired) electrons. The molecule has 0 bridgehead atoms. The Bertz CT molecular complexity index is 1290. The Kier molecular flexibility index (Phi) is 3.23. The molecule has 0 amide bonds. The zero-order valence-corrected chi connectivity index (χ0v) is 14.6. The number of rotatable bonds is 2. The summed E-state index contributed by atoms with van der Waals surface area (Å²) in [6, 6.07) is 27.3. The summed E-state index contributed by atoms with van der Waals surface area (Å²) in [5.41, 5.74) is 6.42. The second-order valence-electron chi connectivity index (χ2n) is 6.78. The summed E-state index contributed by atoms with van der Waals surface area (Å²) in [5.74, 6) is 0. The molecule has 0 saturated heterocycles. The lowest BCUT2D eigenvalue weighted by molar-refractivity contribution is 0.672. The van der Waals surface area contributed by atoms with Crippen LogP contribution in [0.1, 0.15) is 16.7 Å². The zero-order valence-electron chi connectivity index (χ0n) is 14.6. The van der Waals surface area contributed by atoms with Gasteiger partial charge >= 0.3 is 0 Å². The maximum Gasteiger partial charge on any atom is 0.143 e. The van der Waals surface area contributed by atoms with Gasteiger partial charge in [0.15, 0.2) is 0 Å². The molecule has 0 saturated carbocycles. The Morgan fingerprint density at radius 2 is 1.54 bits per heavy atom. The summed E-state index contributed by atoms with van der Waals surface area (Å²) in [5, 5.41) is 4.72. The fourth-order valence-corrected chi connectivity index (χ4v) is 3.81. The SMILES string of the molecule is C=C(c1ccccc1)c1ccc2oc3c4ccccc4cc(C)c3c2c1. The molecule has 5 aromatic rings. The van der Waals surface area contributed by atoms with Crippen LogP contribution in [0.4, 0.5) is 0 Å². The molecule has 4 aromatic carbocycles. The van der Waals surface area contributed by atoms with Crippen LogP contribution in [-0.2, 0) is 0 Å². The van der Waals surface area contributed by atoms with Crippen molar-refractivity contribution >= 4 is 38.3 Å². The second-order valence-corrected chi connectivity index (χ2v) is 6.78. The minimum Gasteiger partial charge on any atom is -0.455 e. The molecule has 0 N–H and O–H groups in total. The van der Waals surface area contributed by atoms with Crippen molar-refractivity contribution in [2.75, 3.05) is 0 Å². The van der Waals surface area contributed by atoms with Crippen LogP contribution in [0.15, 0.2) is 89.9 Å². The quantitative estimate of drug-likeness (QED) is 0.335. The van der Waals surface area contributed by atoms with E-state index in [1.807, 2.05) is 18.2 Å². The minimum absolute atomic E-state index is 0.920. The smallest absolute Gasteiger partial charge is 0.143 e. The second kappa shape index (κ2) is 5.60. The summed E-state index contributed by atoms with van der Waals surface area (Å²) in [7, 11) is 0. The summed E-state index contributed by atoms with van der Waals surface area (Å²) < 4.78 is 6.26. The number of benzene rings is 4. The number of fused-ring (bicyclic) bond motifs is 5. The van der Waals surface area contributed by atoms with Gasteiger partial charge in [0.05, 0.1) is 0 Å². The van der Waals surface area contributed by atoms with E-state index in [9.17, 15) is 0 Å². The van der Waals surface area contributed by atoms with Crippen LogP contribution in [-0.4, -0.2) is 0 Å². The molecule has 1 heterocycles. The van der Waals surface area contributed by atoms with Gasteiger partial charge in [0.2, 0.25) is 0 Å². The van der Waals surface area contributed by atoms with E-state index in [4.69, 9.17) is 4.42 Å². The van der Waals surface area contributed by atoms with Crippen LogP contribution in [0, 0.1) is 6.92 Å². The van der Waals surface area contributed by atoms with E-state index < -0.39 is 0 Å². The lowest BCUT2D eigenvalue weighted by Crippen LogP contribution is -1.85. The molecule has 1 nitrogen and oxygen atoms in total. The molecule has 1 heteroatoms. The Morgan fingerprint density at radius 3 is 2.38 bits per heavy atom. The fraction of sp³-hybridized carbons (Fsp3) is 0.0400. The molecule has 5 rings (SSSR count). The van der Waals surface area contributed by atoms with Gasteiger partial charge in [0, 0.05) is 16.2 Å². The van der Waals surface area contributed by atoms with Crippen LogP contribution in [0.25, 0.3) is 38.3 Å². The molecule has 26 heavy (non-hydrogen) atoms. The average molecular weight is 334 g/mol. The van der Waals surface area contributed by atoms with Gasteiger partial charge in [0.1, 0.15) is 11.2 Å². The molecular weight excluding hydrogens is 316 g/mol. The van der Waals surface area contributed by atoms with Crippen molar-refractivity contribution in [1.29, 1.82) is 0 Å². The van der Waals surface area contributed by atoms with E-state index in [0.29, 0.717) is 0 Å². The first-order chi connectivity index (χ1) is 12.7. The molecule has 124 valence electrons. The number of hydrogen-bond donors (Lipinski definition) is 0. The zero-order chi connectivity index (χ0) is 17.7. The molecule has 1 aromatic heterocycles. The van der Waals surface area contributed by atoms with E-state index >= 15 is 0 Å². The first-order valence-corrected chi connectivity index (χ1v) is 8.82. The van der Waals surface area contributed by atoms with Crippen LogP contribution in [0.2, 0.25) is 0 Å². The van der Waals surface area contributed by atoms with Crippen LogP contribution in [0.5, 0.6) is 0 Å². The van der Waals surface area contributed by atoms with E-state index in [-0.39, 0.29) is 0 Å². The fourth-order valence-electron chi connectivity index (χ4n) is 3.81. The normalized spacial score (nSPS) is 11.4. The first kappa shape index (κ1) is 15.0. The number of furan rings is 1. The average Bonchev–Trinajstić information content (AvgIpc) is 3.08. The predicted molar refractivity (Wildman–Crippen MR) is 111 cm³/mol. The van der Waals surface area contributed by atoms with Gasteiger partial charge in [-0.1, -0.05) is 73.3 Å². The molecule has 0 aliphatic heterocycles. The Hall–Kier alpha value is -3.32. The van der Waals surface area contributed by atoms with Gasteiger partial charge in [-0.2, -0.15) is 0 Å². The summed E-state index contributed by atoms with van der Waals surface area (Å²) in [4.78, 5) is 0. The Balaban J connectivity index is 1.79. The summed E-state index contributed by atoms with van der Waals surface area (Å²) >= 11 is 0. The van der Waals surface area contributed by atoms with E-state index in [1.165, 1.54) is 16.3 Å². The van der Waals surface area contributed by atoms with Gasteiger partial charge in [-0.05, 0) is 46.7 Å². The molecule has 0 aliphatic carbocycles. The first-order valence-electron chi connectivity index (χ1n) is 8.82. The minimum atomic E-state index is 0.920. The number of hydrogen-bond acceptors (Lipinski definition) is 1. The molecule has 0 unspecified atom stereocenters. The molecule has 0 fully saturated rings. The highest BCUT2D eigenvalue weighted by molar-refractivity contribution is 6.17. The Morgan fingerprint density at radius 1 is 0.769 bits per heavy atom. The van der Waals surface area contributed by atoms with Crippen molar-refractivity contribution in [2.45, 2.75) is 6.92 Å². The lowest BCUT2D eigenvalue weighted by Gasteiger charge is -2.06. The lowest BCUT2D eigenvalue weighted by atomic mass is 9.96. The van der Waals surface area contributed by atoms with Gasteiger partial charge in [-0.3, -0.25) is 0 Å².